The molecule has 0 N–H and O–H groups in total. The monoisotopic (exact) mass is 1270 g/mol. The summed E-state index contributed by atoms with van der Waals surface area (Å²) >= 11 is 0. The minimum atomic E-state index is 0. The van der Waals surface area contributed by atoms with Gasteiger partial charge < -0.3 is 0 Å². The van der Waals surface area contributed by atoms with Crippen LogP contribution in [-0.2, 0) is 39.4 Å². The van der Waals surface area contributed by atoms with Crippen molar-refractivity contribution in [2.45, 2.75) is 117 Å². The Kier molecular flexibility index (Phi) is 24.5. The van der Waals surface area contributed by atoms with Crippen molar-refractivity contribution in [3.05, 3.63) is 265 Å². The predicted octanol–water partition coefficient (Wildman–Crippen LogP) is 22.0. The van der Waals surface area contributed by atoms with E-state index in [1.165, 1.54) is 151 Å². The summed E-state index contributed by atoms with van der Waals surface area (Å²) in [6, 6.07) is 86.9. The van der Waals surface area contributed by atoms with Crippen molar-refractivity contribution < 1.29 is 20.1 Å². The van der Waals surface area contributed by atoms with Crippen LogP contribution in [0.15, 0.2) is 249 Å². The average molecular weight is 1270 g/mol. The van der Waals surface area contributed by atoms with Gasteiger partial charge in [-0.2, -0.15) is 0 Å². The molecular formula is C78H80IrN4+3. The molecule has 4 aromatic heterocycles. The molecule has 0 bridgehead atoms. The van der Waals surface area contributed by atoms with E-state index < -0.39 is 0 Å². The summed E-state index contributed by atoms with van der Waals surface area (Å²) in [6.45, 7) is 6.77. The summed E-state index contributed by atoms with van der Waals surface area (Å²) in [5, 5.41) is 4.76. The third-order valence-corrected chi connectivity index (χ3v) is 15.2. The molecule has 0 atom stereocenters. The van der Waals surface area contributed by atoms with E-state index in [1.54, 1.807) is 0 Å². The average Bonchev–Trinajstić information content (AvgIpc) is 3.67. The molecule has 0 saturated carbocycles. The van der Waals surface area contributed by atoms with Gasteiger partial charge in [0.25, 0.3) is 0 Å². The van der Waals surface area contributed by atoms with E-state index in [9.17, 15) is 0 Å². The van der Waals surface area contributed by atoms with Gasteiger partial charge in [-0.1, -0.05) is 279 Å². The van der Waals surface area contributed by atoms with Crippen LogP contribution in [0.25, 0.3) is 88.6 Å². The molecule has 0 saturated heterocycles. The molecule has 418 valence electrons. The molecule has 0 amide bonds. The predicted molar refractivity (Wildman–Crippen MR) is 352 cm³/mol. The Morgan fingerprint density at radius 1 is 0.217 bits per heavy atom. The molecule has 5 heteroatoms. The van der Waals surface area contributed by atoms with Crippen LogP contribution in [0.2, 0.25) is 0 Å². The molecule has 83 heavy (non-hydrogen) atoms. The first-order chi connectivity index (χ1) is 40.5. The van der Waals surface area contributed by atoms with Gasteiger partial charge in [-0.15, -0.1) is 0 Å². The summed E-state index contributed by atoms with van der Waals surface area (Å²) < 4.78 is 0. The second-order valence-corrected chi connectivity index (χ2v) is 21.4. The number of aryl methyl sites for hydroxylation is 3. The molecule has 4 nitrogen and oxygen atoms in total. The number of hydrogen-bond donors (Lipinski definition) is 0. The number of para-hydroxylation sites is 4. The second-order valence-electron chi connectivity index (χ2n) is 21.4. The zero-order valence-electron chi connectivity index (χ0n) is 48.9. The Hall–Kier alpha value is -7.95. The number of nitrogens with zero attached hydrogens (tertiary/aromatic N) is 4. The van der Waals surface area contributed by atoms with E-state index in [1.807, 2.05) is 54.6 Å². The Labute approximate surface area is 508 Å². The zero-order valence-corrected chi connectivity index (χ0v) is 51.3. The maximum atomic E-state index is 4.76. The van der Waals surface area contributed by atoms with Gasteiger partial charge in [0, 0.05) is 43.8 Å². The van der Waals surface area contributed by atoms with E-state index in [0.717, 1.165) is 50.4 Å². The Bertz CT molecular complexity index is 3510. The van der Waals surface area contributed by atoms with Crippen LogP contribution in [0.1, 0.15) is 115 Å². The molecule has 8 aromatic carbocycles. The fraction of sp³-hybridized carbons (Fsp3) is 0.231. The normalized spacial score (nSPS) is 10.7. The van der Waals surface area contributed by atoms with Crippen molar-refractivity contribution >= 4 is 43.6 Å². The Balaban J connectivity index is 0.000000145. The number of aromatic nitrogens is 4. The minimum absolute atomic E-state index is 0. The maximum Gasteiger partial charge on any atom is 3.00 e. The van der Waals surface area contributed by atoms with Crippen LogP contribution >= 0.6 is 0 Å². The van der Waals surface area contributed by atoms with E-state index >= 15 is 0 Å². The zero-order chi connectivity index (χ0) is 56.4. The minimum Gasteiger partial charge on any atom is -0.248 e. The standard InChI is InChI=1S/3C21H23N.C15H11N.Ir/c3*1-2-3-4-5-8-17-11-13-19(14-12-17)21-16-15-18-9-6-7-10-20(18)22-21;1-2-6-12(7-3-1)15-11-10-13-8-4-5-9-14(13)16-15;/h3*6-7,9-16H,2-5,8H2,1H3;1-11H;/q;;;;+3. The third-order valence-electron chi connectivity index (χ3n) is 15.2. The van der Waals surface area contributed by atoms with Crippen LogP contribution in [0.4, 0.5) is 0 Å². The molecule has 0 aliphatic heterocycles. The smallest absolute Gasteiger partial charge is 0.248 e. The van der Waals surface area contributed by atoms with Crippen LogP contribution in [0.3, 0.4) is 0 Å². The maximum absolute atomic E-state index is 4.76. The molecule has 12 aromatic rings. The number of unbranched alkanes of at least 4 members (excludes halogenated alkanes) is 9. The van der Waals surface area contributed by atoms with Crippen LogP contribution in [0, 0.1) is 0 Å². The van der Waals surface area contributed by atoms with Crippen LogP contribution < -0.4 is 0 Å². The van der Waals surface area contributed by atoms with Gasteiger partial charge >= 0.3 is 20.1 Å². The van der Waals surface area contributed by atoms with Gasteiger partial charge in [0.05, 0.1) is 44.8 Å². The summed E-state index contributed by atoms with van der Waals surface area (Å²) in [6.07, 6.45) is 19.4. The first-order valence-electron chi connectivity index (χ1n) is 30.3. The summed E-state index contributed by atoms with van der Waals surface area (Å²) in [7, 11) is 0. The molecule has 4 heterocycles. The van der Waals surface area contributed by atoms with Gasteiger partial charge in [-0.3, -0.25) is 0 Å². The van der Waals surface area contributed by atoms with E-state index in [0.29, 0.717) is 0 Å². The number of fused-ring (bicyclic) bond motifs is 4. The number of rotatable bonds is 19. The Morgan fingerprint density at radius 2 is 0.458 bits per heavy atom. The van der Waals surface area contributed by atoms with Crippen LogP contribution in [-0.4, -0.2) is 19.9 Å². The fourth-order valence-electron chi connectivity index (χ4n) is 10.3. The van der Waals surface area contributed by atoms with E-state index in [2.05, 4.69) is 220 Å². The second kappa shape index (κ2) is 33.2. The van der Waals surface area contributed by atoms with Crippen LogP contribution in [0.5, 0.6) is 0 Å². The first-order valence-corrected chi connectivity index (χ1v) is 30.3. The quantitative estimate of drug-likeness (QED) is 0.0757. The van der Waals surface area contributed by atoms with Gasteiger partial charge in [0.2, 0.25) is 0 Å². The molecule has 0 aliphatic rings. The van der Waals surface area contributed by atoms with Crippen molar-refractivity contribution in [2.24, 2.45) is 0 Å². The van der Waals surface area contributed by atoms with E-state index in [4.69, 9.17) is 15.0 Å². The number of pyridine rings is 4. The van der Waals surface area contributed by atoms with E-state index in [-0.39, 0.29) is 20.1 Å². The first kappa shape index (κ1) is 61.1. The van der Waals surface area contributed by atoms with Crippen molar-refractivity contribution in [2.75, 3.05) is 0 Å². The number of hydrogen-bond acceptors (Lipinski definition) is 4. The van der Waals surface area contributed by atoms with Gasteiger partial charge in [-0.05, 0) is 104 Å². The van der Waals surface area contributed by atoms with Crippen molar-refractivity contribution in [3.63, 3.8) is 0 Å². The van der Waals surface area contributed by atoms with Crippen molar-refractivity contribution in [1.82, 2.24) is 19.9 Å². The number of benzene rings is 8. The third kappa shape index (κ3) is 18.5. The van der Waals surface area contributed by atoms with Gasteiger partial charge in [0.1, 0.15) is 0 Å². The SMILES string of the molecule is CCCCCCc1ccc(-c2ccc3ccccc3n2)cc1.CCCCCCc1ccc(-c2ccc3ccccc3n2)cc1.CCCCCCc1ccc(-c2ccc3ccccc3n2)cc1.[Ir+3].c1ccc(-c2ccc3ccccc3n2)cc1. The summed E-state index contributed by atoms with van der Waals surface area (Å²) in [4.78, 5) is 18.9. The van der Waals surface area contributed by atoms with Gasteiger partial charge in [-0.25, -0.2) is 19.9 Å². The molecule has 0 fully saturated rings. The Morgan fingerprint density at radius 3 is 0.723 bits per heavy atom. The fourth-order valence-corrected chi connectivity index (χ4v) is 10.3. The topological polar surface area (TPSA) is 51.6 Å². The molecular weight excluding hydrogens is 1190 g/mol. The van der Waals surface area contributed by atoms with Crippen molar-refractivity contribution in [1.29, 1.82) is 0 Å². The molecule has 0 unspecified atom stereocenters. The summed E-state index contributed by atoms with van der Waals surface area (Å²) in [5.41, 5.74) is 17.5. The van der Waals surface area contributed by atoms with Crippen molar-refractivity contribution in [3.8, 4) is 45.0 Å². The summed E-state index contributed by atoms with van der Waals surface area (Å²) in [5.74, 6) is 0. The largest absolute Gasteiger partial charge is 3.00 e. The molecule has 12 rings (SSSR count). The molecule has 0 radical (unpaired) electrons. The van der Waals surface area contributed by atoms with Gasteiger partial charge in [0.15, 0.2) is 0 Å². The molecule has 0 aliphatic carbocycles. The molecule has 0 spiro atoms.